The lowest BCUT2D eigenvalue weighted by molar-refractivity contribution is -0.385. The van der Waals surface area contributed by atoms with Crippen LogP contribution in [0.15, 0.2) is 53.5 Å². The number of hydrogen-bond acceptors (Lipinski definition) is 6. The van der Waals surface area contributed by atoms with Crippen molar-refractivity contribution >= 4 is 22.7 Å². The van der Waals surface area contributed by atoms with E-state index in [0.29, 0.717) is 11.0 Å². The lowest BCUT2D eigenvalue weighted by Crippen LogP contribution is -2.27. The molecular formula is C16H10FN3O5. The summed E-state index contributed by atoms with van der Waals surface area (Å²) in [6.07, 6.45) is 1.06. The molecule has 0 saturated carbocycles. The summed E-state index contributed by atoms with van der Waals surface area (Å²) in [6.45, 7) is -0.504. The zero-order valence-electron chi connectivity index (χ0n) is 12.6. The van der Waals surface area contributed by atoms with Crippen LogP contribution < -0.4 is 10.3 Å². The molecule has 3 aromatic rings. The summed E-state index contributed by atoms with van der Waals surface area (Å²) in [6, 6.07) is 9.17. The van der Waals surface area contributed by atoms with Crippen molar-refractivity contribution in [2.75, 3.05) is 0 Å². The van der Waals surface area contributed by atoms with Gasteiger partial charge in [0.05, 0.1) is 22.2 Å². The zero-order valence-corrected chi connectivity index (χ0v) is 12.6. The fraction of sp³-hybridized carbons (Fsp3) is 0.0625. The predicted molar refractivity (Wildman–Crippen MR) is 84.7 cm³/mol. The largest absolute Gasteiger partial charge is 0.418 e. The van der Waals surface area contributed by atoms with Crippen LogP contribution in [0.2, 0.25) is 0 Å². The van der Waals surface area contributed by atoms with Gasteiger partial charge in [-0.1, -0.05) is 12.1 Å². The number of rotatable bonds is 4. The van der Waals surface area contributed by atoms with Gasteiger partial charge in [0, 0.05) is 12.1 Å². The third-order valence-electron chi connectivity index (χ3n) is 3.38. The van der Waals surface area contributed by atoms with Gasteiger partial charge in [-0.15, -0.1) is 0 Å². The van der Waals surface area contributed by atoms with Crippen LogP contribution in [-0.2, 0) is 11.3 Å². The first-order valence-electron chi connectivity index (χ1n) is 7.05. The Morgan fingerprint density at radius 2 is 2.04 bits per heavy atom. The molecule has 0 N–H and O–H groups in total. The van der Waals surface area contributed by atoms with Crippen LogP contribution in [0, 0.1) is 15.9 Å². The van der Waals surface area contributed by atoms with Crippen molar-refractivity contribution in [2.45, 2.75) is 6.54 Å². The number of fused-ring (bicyclic) bond motifs is 1. The van der Waals surface area contributed by atoms with E-state index in [1.54, 1.807) is 24.3 Å². The van der Waals surface area contributed by atoms with Crippen molar-refractivity contribution in [3.8, 4) is 5.75 Å². The first-order valence-corrected chi connectivity index (χ1v) is 7.05. The monoisotopic (exact) mass is 343 g/mol. The van der Waals surface area contributed by atoms with Crippen molar-refractivity contribution in [1.82, 2.24) is 9.55 Å². The molecule has 2 aromatic carbocycles. The number of ether oxygens (including phenoxy) is 1. The fourth-order valence-electron chi connectivity index (χ4n) is 2.28. The van der Waals surface area contributed by atoms with Crippen LogP contribution in [0.5, 0.6) is 5.75 Å². The highest BCUT2D eigenvalue weighted by molar-refractivity contribution is 5.78. The molecule has 126 valence electrons. The van der Waals surface area contributed by atoms with Crippen molar-refractivity contribution in [3.63, 3.8) is 0 Å². The topological polar surface area (TPSA) is 104 Å². The Hall–Kier alpha value is -3.62. The van der Waals surface area contributed by atoms with E-state index in [0.717, 1.165) is 29.0 Å². The molecule has 1 heterocycles. The van der Waals surface area contributed by atoms with Gasteiger partial charge >= 0.3 is 11.7 Å². The number of nitrogens with zero attached hydrogens (tertiary/aromatic N) is 3. The van der Waals surface area contributed by atoms with Gasteiger partial charge in [0.15, 0.2) is 0 Å². The van der Waals surface area contributed by atoms with Gasteiger partial charge in [0.2, 0.25) is 5.75 Å². The fourth-order valence-corrected chi connectivity index (χ4v) is 2.28. The van der Waals surface area contributed by atoms with E-state index in [1.165, 1.54) is 0 Å². The Bertz CT molecular complexity index is 1050. The third-order valence-corrected chi connectivity index (χ3v) is 3.38. The summed E-state index contributed by atoms with van der Waals surface area (Å²) in [7, 11) is 0. The second kappa shape index (κ2) is 6.48. The van der Waals surface area contributed by atoms with Gasteiger partial charge in [-0.2, -0.15) is 0 Å². The molecule has 0 amide bonds. The van der Waals surface area contributed by atoms with E-state index in [9.17, 15) is 24.1 Å². The summed E-state index contributed by atoms with van der Waals surface area (Å²) in [5.41, 5.74) is -0.196. The van der Waals surface area contributed by atoms with Crippen LogP contribution in [0.1, 0.15) is 0 Å². The Morgan fingerprint density at radius 3 is 2.80 bits per heavy atom. The molecule has 3 rings (SSSR count). The molecule has 8 nitrogen and oxygen atoms in total. The summed E-state index contributed by atoms with van der Waals surface area (Å²) >= 11 is 0. The molecule has 0 aliphatic rings. The van der Waals surface area contributed by atoms with Gasteiger partial charge in [-0.25, -0.2) is 14.2 Å². The van der Waals surface area contributed by atoms with Crippen LogP contribution in [-0.4, -0.2) is 20.4 Å². The molecule has 0 bridgehead atoms. The highest BCUT2D eigenvalue weighted by Crippen LogP contribution is 2.27. The van der Waals surface area contributed by atoms with E-state index < -0.39 is 40.3 Å². The summed E-state index contributed by atoms with van der Waals surface area (Å²) < 4.78 is 19.3. The van der Waals surface area contributed by atoms with Crippen molar-refractivity contribution in [1.29, 1.82) is 0 Å². The summed E-state index contributed by atoms with van der Waals surface area (Å²) in [4.78, 5) is 38.2. The number of benzene rings is 2. The van der Waals surface area contributed by atoms with Gasteiger partial charge in [-0.05, 0) is 18.2 Å². The van der Waals surface area contributed by atoms with Gasteiger partial charge < -0.3 is 4.74 Å². The van der Waals surface area contributed by atoms with Crippen LogP contribution in [0.3, 0.4) is 0 Å². The van der Waals surface area contributed by atoms with Crippen LogP contribution in [0.4, 0.5) is 10.1 Å². The number of carbonyl (C=O) groups is 1. The Labute approximate surface area is 139 Å². The molecule has 0 atom stereocenters. The molecule has 0 spiro atoms. The minimum absolute atomic E-state index is 0.403. The quantitative estimate of drug-likeness (QED) is 0.311. The molecule has 0 saturated heterocycles. The lowest BCUT2D eigenvalue weighted by Gasteiger charge is -2.09. The van der Waals surface area contributed by atoms with E-state index >= 15 is 0 Å². The molecule has 0 aliphatic carbocycles. The number of hydrogen-bond donors (Lipinski definition) is 0. The SMILES string of the molecule is O=C(Cn1c(=O)cnc2ccccc21)Oc1cc(F)ccc1[N+](=O)[O-]. The molecule has 0 radical (unpaired) electrons. The van der Waals surface area contributed by atoms with Crippen molar-refractivity contribution in [3.05, 3.63) is 74.9 Å². The first-order chi connectivity index (χ1) is 12.0. The highest BCUT2D eigenvalue weighted by Gasteiger charge is 2.20. The van der Waals surface area contributed by atoms with E-state index in [2.05, 4.69) is 4.98 Å². The maximum absolute atomic E-state index is 13.3. The highest BCUT2D eigenvalue weighted by atomic mass is 19.1. The molecule has 9 heteroatoms. The normalized spacial score (nSPS) is 10.6. The predicted octanol–water partition coefficient (Wildman–Crippen LogP) is 2.05. The molecule has 1 aromatic heterocycles. The molecule has 0 aliphatic heterocycles. The standard InChI is InChI=1S/C16H10FN3O5/c17-10-5-6-13(20(23)24)14(7-10)25-16(22)9-19-12-4-2-1-3-11(12)18-8-15(19)21/h1-8H,9H2. The van der Waals surface area contributed by atoms with E-state index in [1.807, 2.05) is 0 Å². The minimum Gasteiger partial charge on any atom is -0.418 e. The van der Waals surface area contributed by atoms with E-state index in [4.69, 9.17) is 4.74 Å². The average molecular weight is 343 g/mol. The number of carbonyl (C=O) groups excluding carboxylic acids is 1. The molecule has 0 fully saturated rings. The maximum atomic E-state index is 13.3. The number of halogens is 1. The average Bonchev–Trinajstić information content (AvgIpc) is 2.57. The van der Waals surface area contributed by atoms with Crippen molar-refractivity contribution in [2.24, 2.45) is 0 Å². The maximum Gasteiger partial charge on any atom is 0.331 e. The van der Waals surface area contributed by atoms with E-state index in [-0.39, 0.29) is 0 Å². The number of nitro groups is 1. The molecule has 25 heavy (non-hydrogen) atoms. The van der Waals surface area contributed by atoms with Crippen molar-refractivity contribution < 1.29 is 18.8 Å². The third kappa shape index (κ3) is 3.34. The minimum atomic E-state index is -0.952. The Balaban J connectivity index is 1.92. The van der Waals surface area contributed by atoms with Crippen LogP contribution in [0.25, 0.3) is 11.0 Å². The second-order valence-corrected chi connectivity index (χ2v) is 5.01. The smallest absolute Gasteiger partial charge is 0.331 e. The lowest BCUT2D eigenvalue weighted by atomic mass is 10.3. The summed E-state index contributed by atoms with van der Waals surface area (Å²) in [5.74, 6) is -2.27. The second-order valence-electron chi connectivity index (χ2n) is 5.01. The van der Waals surface area contributed by atoms with Crippen LogP contribution >= 0.6 is 0 Å². The number of nitro benzene ring substituents is 1. The molecular weight excluding hydrogens is 333 g/mol. The zero-order chi connectivity index (χ0) is 18.0. The number of para-hydroxylation sites is 2. The Kier molecular flexibility index (Phi) is 4.21. The first kappa shape index (κ1) is 16.2. The Morgan fingerprint density at radius 1 is 1.28 bits per heavy atom. The van der Waals surface area contributed by atoms with Gasteiger partial charge in [-0.3, -0.25) is 19.5 Å². The number of aromatic nitrogens is 2. The molecule has 0 unspecified atom stereocenters. The van der Waals surface area contributed by atoms with Gasteiger partial charge in [0.25, 0.3) is 5.56 Å². The summed E-state index contributed by atoms with van der Waals surface area (Å²) in [5, 5.41) is 10.9. The van der Waals surface area contributed by atoms with Gasteiger partial charge in [0.1, 0.15) is 12.4 Å². The number of esters is 1.